The van der Waals surface area contributed by atoms with E-state index in [9.17, 15) is 13.0 Å². The van der Waals surface area contributed by atoms with Gasteiger partial charge >= 0.3 is 0 Å². The molecule has 1 aromatic heterocycles. The van der Waals surface area contributed by atoms with Gasteiger partial charge in [0.25, 0.3) is 0 Å². The molecular formula is C19H20Cl2F2N2OS. The molecule has 1 fully saturated rings. The van der Waals surface area contributed by atoms with Gasteiger partial charge in [-0.3, -0.25) is 4.98 Å². The molecule has 1 aliphatic carbocycles. The van der Waals surface area contributed by atoms with Crippen LogP contribution in [-0.2, 0) is 11.0 Å². The zero-order chi connectivity index (χ0) is 19.9. The van der Waals surface area contributed by atoms with Crippen LogP contribution >= 0.6 is 23.2 Å². The maximum atomic E-state index is 14.7. The molecule has 1 heterocycles. The maximum absolute atomic E-state index is 14.7. The molecule has 0 amide bonds. The lowest BCUT2D eigenvalue weighted by atomic mass is 10.00. The highest BCUT2D eigenvalue weighted by Gasteiger charge is 2.31. The lowest BCUT2D eigenvalue weighted by Crippen LogP contribution is -2.36. The van der Waals surface area contributed by atoms with Gasteiger partial charge in [0.1, 0.15) is 16.7 Å². The second kappa shape index (κ2) is 7.74. The van der Waals surface area contributed by atoms with Gasteiger partial charge in [0.15, 0.2) is 0 Å². The zero-order valence-electron chi connectivity index (χ0n) is 15.2. The summed E-state index contributed by atoms with van der Waals surface area (Å²) in [7, 11) is -1.52. The van der Waals surface area contributed by atoms with Crippen LogP contribution in [-0.4, -0.2) is 13.9 Å². The first-order valence-electron chi connectivity index (χ1n) is 8.56. The van der Waals surface area contributed by atoms with Gasteiger partial charge in [-0.1, -0.05) is 29.3 Å². The van der Waals surface area contributed by atoms with E-state index in [1.165, 1.54) is 6.07 Å². The number of aromatic nitrogens is 1. The van der Waals surface area contributed by atoms with Gasteiger partial charge in [-0.2, -0.15) is 0 Å². The van der Waals surface area contributed by atoms with Crippen LogP contribution in [0.15, 0.2) is 24.4 Å². The molecule has 0 saturated heterocycles. The van der Waals surface area contributed by atoms with Crippen LogP contribution < -0.4 is 4.72 Å². The number of nitrogens with one attached hydrogen (secondary N) is 1. The predicted octanol–water partition coefficient (Wildman–Crippen LogP) is 5.69. The third-order valence-corrected chi connectivity index (χ3v) is 6.56. The second-order valence-corrected chi connectivity index (χ2v) is 10.4. The van der Waals surface area contributed by atoms with Gasteiger partial charge < -0.3 is 0 Å². The van der Waals surface area contributed by atoms with E-state index in [2.05, 4.69) is 9.71 Å². The molecule has 27 heavy (non-hydrogen) atoms. The molecule has 0 bridgehead atoms. The first-order chi connectivity index (χ1) is 12.6. The van der Waals surface area contributed by atoms with Crippen LogP contribution in [0, 0.1) is 11.6 Å². The first-order valence-corrected chi connectivity index (χ1v) is 10.5. The minimum atomic E-state index is -1.52. The van der Waals surface area contributed by atoms with E-state index < -0.39 is 38.4 Å². The van der Waals surface area contributed by atoms with Gasteiger partial charge in [0.05, 0.1) is 32.5 Å². The molecule has 8 heteroatoms. The molecule has 0 radical (unpaired) electrons. The fourth-order valence-electron chi connectivity index (χ4n) is 2.64. The topological polar surface area (TPSA) is 42.0 Å². The SMILES string of the molecule is CC(C)(C)S(=O)NC(c1cnc(C2CC2)c(Cl)c1)c1ccc(F)c(Cl)c1F. The van der Waals surface area contributed by atoms with Gasteiger partial charge in [-0.25, -0.2) is 17.7 Å². The highest BCUT2D eigenvalue weighted by molar-refractivity contribution is 7.84. The van der Waals surface area contributed by atoms with E-state index in [1.54, 1.807) is 33.0 Å². The van der Waals surface area contributed by atoms with E-state index in [0.717, 1.165) is 24.6 Å². The number of hydrogen-bond donors (Lipinski definition) is 1. The summed E-state index contributed by atoms with van der Waals surface area (Å²) in [6, 6.07) is 3.22. The number of nitrogens with zero attached hydrogens (tertiary/aromatic N) is 1. The van der Waals surface area contributed by atoms with Gasteiger partial charge in [0.2, 0.25) is 0 Å². The van der Waals surface area contributed by atoms with Crippen LogP contribution in [0.4, 0.5) is 8.78 Å². The molecule has 146 valence electrons. The zero-order valence-corrected chi connectivity index (χ0v) is 17.5. The third kappa shape index (κ3) is 4.50. The average molecular weight is 433 g/mol. The molecule has 0 aliphatic heterocycles. The normalized spacial score (nSPS) is 17.0. The number of rotatable bonds is 5. The smallest absolute Gasteiger partial charge is 0.149 e. The van der Waals surface area contributed by atoms with Crippen molar-refractivity contribution in [2.45, 2.75) is 50.3 Å². The molecule has 1 aliphatic rings. The molecular weight excluding hydrogens is 413 g/mol. The van der Waals surface area contributed by atoms with Crippen molar-refractivity contribution in [3.63, 3.8) is 0 Å². The molecule has 0 spiro atoms. The Bertz CT molecular complexity index is 898. The van der Waals surface area contributed by atoms with Gasteiger partial charge in [-0.05, 0) is 51.3 Å². The van der Waals surface area contributed by atoms with Crippen molar-refractivity contribution < 1.29 is 13.0 Å². The van der Waals surface area contributed by atoms with Crippen molar-refractivity contribution in [1.29, 1.82) is 0 Å². The van der Waals surface area contributed by atoms with Crippen molar-refractivity contribution in [3.8, 4) is 0 Å². The summed E-state index contributed by atoms with van der Waals surface area (Å²) in [6.07, 6.45) is 3.68. The maximum Gasteiger partial charge on any atom is 0.149 e. The molecule has 3 rings (SSSR count). The summed E-state index contributed by atoms with van der Waals surface area (Å²) in [5, 5.41) is -0.119. The van der Waals surface area contributed by atoms with Crippen molar-refractivity contribution in [3.05, 3.63) is 62.9 Å². The largest absolute Gasteiger partial charge is 0.259 e. The highest BCUT2D eigenvalue weighted by atomic mass is 35.5. The Kier molecular flexibility index (Phi) is 5.92. The minimum absolute atomic E-state index is 0.0797. The number of benzene rings is 1. The standard InChI is InChI=1S/C19H20Cl2F2N2OS/c1-19(2,3)27(26)25-17(12-6-7-14(22)15(21)16(12)23)11-8-13(20)18(24-9-11)10-4-5-10/h6-10,17,25H,4-5H2,1-3H3. The van der Waals surface area contributed by atoms with Crippen LogP contribution in [0.3, 0.4) is 0 Å². The summed E-state index contributed by atoms with van der Waals surface area (Å²) < 4.78 is 43.3. The van der Waals surface area contributed by atoms with Crippen LogP contribution in [0.2, 0.25) is 10.0 Å². The average Bonchev–Trinajstić information content (AvgIpc) is 3.42. The van der Waals surface area contributed by atoms with Crippen LogP contribution in [0.25, 0.3) is 0 Å². The van der Waals surface area contributed by atoms with Crippen LogP contribution in [0.5, 0.6) is 0 Å². The summed E-state index contributed by atoms with van der Waals surface area (Å²) in [5.41, 5.74) is 1.42. The fraction of sp³-hybridized carbons (Fsp3) is 0.421. The van der Waals surface area contributed by atoms with Crippen molar-refractivity contribution in [2.75, 3.05) is 0 Å². The molecule has 1 saturated carbocycles. The van der Waals surface area contributed by atoms with Crippen molar-refractivity contribution in [2.24, 2.45) is 0 Å². The van der Waals surface area contributed by atoms with Gasteiger partial charge in [-0.15, -0.1) is 0 Å². The molecule has 2 unspecified atom stereocenters. The van der Waals surface area contributed by atoms with Crippen molar-refractivity contribution in [1.82, 2.24) is 9.71 Å². The molecule has 1 N–H and O–H groups in total. The summed E-state index contributed by atoms with van der Waals surface area (Å²) in [6.45, 7) is 5.38. The predicted molar refractivity (Wildman–Crippen MR) is 105 cm³/mol. The van der Waals surface area contributed by atoms with Gasteiger partial charge in [0, 0.05) is 17.7 Å². The van der Waals surface area contributed by atoms with E-state index in [0.29, 0.717) is 16.5 Å². The number of pyridine rings is 1. The van der Waals surface area contributed by atoms with E-state index >= 15 is 0 Å². The number of halogens is 4. The summed E-state index contributed by atoms with van der Waals surface area (Å²) in [4.78, 5) is 4.43. The third-order valence-electron chi connectivity index (χ3n) is 4.35. The Morgan fingerprint density at radius 3 is 2.48 bits per heavy atom. The monoisotopic (exact) mass is 432 g/mol. The van der Waals surface area contributed by atoms with E-state index in [4.69, 9.17) is 23.2 Å². The van der Waals surface area contributed by atoms with E-state index in [1.807, 2.05) is 0 Å². The molecule has 1 aromatic carbocycles. The minimum Gasteiger partial charge on any atom is -0.259 e. The lowest BCUT2D eigenvalue weighted by molar-refractivity contribution is 0.558. The Balaban J connectivity index is 2.06. The summed E-state index contributed by atoms with van der Waals surface area (Å²) >= 11 is 12.1. The first kappa shape index (κ1) is 20.6. The Labute approximate surface area is 170 Å². The number of hydrogen-bond acceptors (Lipinski definition) is 2. The van der Waals surface area contributed by atoms with Crippen molar-refractivity contribution >= 4 is 34.2 Å². The Morgan fingerprint density at radius 1 is 1.26 bits per heavy atom. The molecule has 3 nitrogen and oxygen atoms in total. The summed E-state index contributed by atoms with van der Waals surface area (Å²) in [5.74, 6) is -1.39. The molecule has 2 aromatic rings. The lowest BCUT2D eigenvalue weighted by Gasteiger charge is -2.25. The Morgan fingerprint density at radius 2 is 1.93 bits per heavy atom. The molecule has 2 atom stereocenters. The highest BCUT2D eigenvalue weighted by Crippen LogP contribution is 2.43. The quantitative estimate of drug-likeness (QED) is 0.616. The Hall–Kier alpha value is -1.08. The van der Waals surface area contributed by atoms with Crippen LogP contribution in [0.1, 0.15) is 62.4 Å². The van der Waals surface area contributed by atoms with E-state index in [-0.39, 0.29) is 5.56 Å². The fourth-order valence-corrected chi connectivity index (χ4v) is 3.97. The second-order valence-electron chi connectivity index (χ2n) is 7.61.